The van der Waals surface area contributed by atoms with Crippen LogP contribution in [0.3, 0.4) is 0 Å². The van der Waals surface area contributed by atoms with Crippen molar-refractivity contribution in [1.29, 1.82) is 0 Å². The highest BCUT2D eigenvalue weighted by Gasteiger charge is 2.32. The van der Waals surface area contributed by atoms with E-state index in [1.54, 1.807) is 0 Å². The van der Waals surface area contributed by atoms with E-state index in [1.165, 1.54) is 0 Å². The van der Waals surface area contributed by atoms with Crippen LogP contribution in [-0.2, 0) is 28.8 Å². The summed E-state index contributed by atoms with van der Waals surface area (Å²) in [5, 5.41) is 33.8. The first-order valence-corrected chi connectivity index (χ1v) is 8.83. The average Bonchev–Trinajstić information content (AvgIpc) is 2.61. The molecule has 170 valence electrons. The number of carboxylic acids is 2. The predicted molar refractivity (Wildman–Crippen MR) is 99.4 cm³/mol. The number of primary amides is 1. The van der Waals surface area contributed by atoms with Crippen LogP contribution in [0.2, 0.25) is 0 Å². The summed E-state index contributed by atoms with van der Waals surface area (Å²) in [5.41, 5.74) is 10.4. The summed E-state index contributed by atoms with van der Waals surface area (Å²) < 4.78 is 0. The fraction of sp³-hybridized carbons (Fsp3) is 0.625. The van der Waals surface area contributed by atoms with E-state index in [0.717, 1.165) is 13.8 Å². The second-order valence-electron chi connectivity index (χ2n) is 6.57. The summed E-state index contributed by atoms with van der Waals surface area (Å²) in [6.07, 6.45) is -2.91. The van der Waals surface area contributed by atoms with Crippen LogP contribution < -0.4 is 27.4 Å². The van der Waals surface area contributed by atoms with Gasteiger partial charge >= 0.3 is 11.9 Å². The van der Waals surface area contributed by atoms with E-state index in [1.807, 2.05) is 0 Å². The molecule has 30 heavy (non-hydrogen) atoms. The molecule has 0 fully saturated rings. The lowest BCUT2D eigenvalue weighted by Gasteiger charge is -2.25. The van der Waals surface area contributed by atoms with Crippen LogP contribution in [0.25, 0.3) is 0 Å². The molecule has 0 aliphatic heterocycles. The Kier molecular flexibility index (Phi) is 11.0. The van der Waals surface area contributed by atoms with Crippen molar-refractivity contribution in [3.05, 3.63) is 0 Å². The van der Waals surface area contributed by atoms with Crippen molar-refractivity contribution < 1.29 is 44.1 Å². The first-order chi connectivity index (χ1) is 13.8. The Labute approximate surface area is 171 Å². The number of carbonyl (C=O) groups is 6. The Morgan fingerprint density at radius 3 is 1.90 bits per heavy atom. The van der Waals surface area contributed by atoms with Gasteiger partial charge in [0.2, 0.25) is 23.6 Å². The molecule has 10 N–H and O–H groups in total. The zero-order valence-corrected chi connectivity index (χ0v) is 16.5. The maximum atomic E-state index is 12.5. The van der Waals surface area contributed by atoms with Gasteiger partial charge in [-0.1, -0.05) is 0 Å². The fourth-order valence-corrected chi connectivity index (χ4v) is 2.15. The predicted octanol–water partition coefficient (Wildman–Crippen LogP) is -4.01. The first kappa shape index (κ1) is 26.7. The summed E-state index contributed by atoms with van der Waals surface area (Å²) in [6, 6.07) is -5.78. The minimum atomic E-state index is -1.59. The molecule has 0 bridgehead atoms. The van der Waals surface area contributed by atoms with Gasteiger partial charge in [0.05, 0.1) is 18.6 Å². The highest BCUT2D eigenvalue weighted by atomic mass is 16.4. The lowest BCUT2D eigenvalue weighted by Crippen LogP contribution is -2.59. The highest BCUT2D eigenvalue weighted by Crippen LogP contribution is 2.03. The molecule has 0 rings (SSSR count). The van der Waals surface area contributed by atoms with Crippen LogP contribution in [0.15, 0.2) is 0 Å². The van der Waals surface area contributed by atoms with Crippen molar-refractivity contribution in [3.63, 3.8) is 0 Å². The first-order valence-electron chi connectivity index (χ1n) is 8.83. The quantitative estimate of drug-likeness (QED) is 0.140. The zero-order valence-electron chi connectivity index (χ0n) is 16.5. The zero-order chi connectivity index (χ0) is 23.6. The largest absolute Gasteiger partial charge is 0.481 e. The molecule has 0 saturated carbocycles. The lowest BCUT2D eigenvalue weighted by atomic mass is 10.1. The molecule has 4 amide bonds. The topological polar surface area (TPSA) is 251 Å². The third-order valence-corrected chi connectivity index (χ3v) is 3.83. The Balaban J connectivity index is 5.36. The highest BCUT2D eigenvalue weighted by molar-refractivity contribution is 5.95. The lowest BCUT2D eigenvalue weighted by molar-refractivity contribution is -0.142. The molecule has 14 nitrogen and oxygen atoms in total. The Morgan fingerprint density at radius 2 is 1.47 bits per heavy atom. The number of aliphatic hydroxyl groups excluding tert-OH is 1. The van der Waals surface area contributed by atoms with Crippen LogP contribution in [0, 0.1) is 0 Å². The van der Waals surface area contributed by atoms with Gasteiger partial charge in [-0.15, -0.1) is 0 Å². The molecule has 0 heterocycles. The fourth-order valence-electron chi connectivity index (χ4n) is 2.15. The van der Waals surface area contributed by atoms with Crippen molar-refractivity contribution in [2.45, 2.75) is 63.4 Å². The van der Waals surface area contributed by atoms with Gasteiger partial charge in [-0.05, 0) is 20.3 Å². The number of nitrogens with two attached hydrogens (primary N) is 2. The third-order valence-electron chi connectivity index (χ3n) is 3.83. The third kappa shape index (κ3) is 9.79. The molecule has 0 aromatic heterocycles. The molecule has 0 radical (unpaired) electrons. The van der Waals surface area contributed by atoms with Crippen LogP contribution >= 0.6 is 0 Å². The van der Waals surface area contributed by atoms with Crippen LogP contribution in [-0.4, -0.2) is 81.2 Å². The van der Waals surface area contributed by atoms with Crippen molar-refractivity contribution in [2.24, 2.45) is 11.5 Å². The SMILES string of the molecule is CC(NC(=O)C(NC(=O)C(CCC(=O)O)NC(=O)C(N)CC(N)=O)C(C)O)C(=O)O. The summed E-state index contributed by atoms with van der Waals surface area (Å²) in [4.78, 5) is 69.3. The number of hydrogen-bond acceptors (Lipinski definition) is 8. The summed E-state index contributed by atoms with van der Waals surface area (Å²) in [7, 11) is 0. The van der Waals surface area contributed by atoms with Gasteiger partial charge in [0.25, 0.3) is 0 Å². The second kappa shape index (κ2) is 12.3. The van der Waals surface area contributed by atoms with E-state index in [0.29, 0.717) is 0 Å². The molecule has 0 aromatic carbocycles. The van der Waals surface area contributed by atoms with E-state index >= 15 is 0 Å². The number of carboxylic acid groups (broad SMARTS) is 2. The summed E-state index contributed by atoms with van der Waals surface area (Å²) in [6.45, 7) is 2.32. The van der Waals surface area contributed by atoms with E-state index in [2.05, 4.69) is 16.0 Å². The average molecular weight is 433 g/mol. The number of amides is 4. The number of aliphatic carboxylic acids is 2. The minimum Gasteiger partial charge on any atom is -0.481 e. The van der Waals surface area contributed by atoms with Crippen molar-refractivity contribution in [2.75, 3.05) is 0 Å². The Morgan fingerprint density at radius 1 is 0.900 bits per heavy atom. The number of aliphatic hydroxyl groups is 1. The number of carbonyl (C=O) groups excluding carboxylic acids is 4. The number of hydrogen-bond donors (Lipinski definition) is 8. The van der Waals surface area contributed by atoms with Gasteiger partial charge in [-0.2, -0.15) is 0 Å². The van der Waals surface area contributed by atoms with Gasteiger partial charge in [0.1, 0.15) is 18.1 Å². The maximum absolute atomic E-state index is 12.5. The van der Waals surface area contributed by atoms with Crippen molar-refractivity contribution in [3.8, 4) is 0 Å². The van der Waals surface area contributed by atoms with E-state index in [4.69, 9.17) is 21.7 Å². The van der Waals surface area contributed by atoms with Gasteiger partial charge in [0, 0.05) is 6.42 Å². The molecule has 0 spiro atoms. The van der Waals surface area contributed by atoms with E-state index < -0.39 is 85.1 Å². The molecule has 0 aliphatic carbocycles. The molecular formula is C16H27N5O9. The Hall–Kier alpha value is -3.26. The maximum Gasteiger partial charge on any atom is 0.325 e. The van der Waals surface area contributed by atoms with Gasteiger partial charge < -0.3 is 42.7 Å². The standard InChI is InChI=1S/C16H27N5O9/c1-6(16(29)30)19-15(28)12(7(2)22)21-14(27)9(3-4-11(24)25)20-13(26)8(17)5-10(18)23/h6-9,12,22H,3-5,17H2,1-2H3,(H2,18,23)(H,19,28)(H,20,26)(H,21,27)(H,24,25)(H,29,30). The molecule has 0 aromatic rings. The summed E-state index contributed by atoms with van der Waals surface area (Å²) in [5.74, 6) is -6.50. The molecule has 0 aliphatic rings. The smallest absolute Gasteiger partial charge is 0.325 e. The number of nitrogens with one attached hydrogen (secondary N) is 3. The Bertz CT molecular complexity index is 682. The van der Waals surface area contributed by atoms with Crippen LogP contribution in [0.5, 0.6) is 0 Å². The molecule has 5 unspecified atom stereocenters. The van der Waals surface area contributed by atoms with Crippen LogP contribution in [0.1, 0.15) is 33.1 Å². The normalized spacial score (nSPS) is 15.6. The number of rotatable bonds is 13. The minimum absolute atomic E-state index is 0.393. The molecule has 0 saturated heterocycles. The van der Waals surface area contributed by atoms with Crippen LogP contribution in [0.4, 0.5) is 0 Å². The van der Waals surface area contributed by atoms with Crippen molar-refractivity contribution >= 4 is 35.6 Å². The van der Waals surface area contributed by atoms with Gasteiger partial charge in [-0.3, -0.25) is 28.8 Å². The second-order valence-corrected chi connectivity index (χ2v) is 6.57. The van der Waals surface area contributed by atoms with E-state index in [9.17, 15) is 33.9 Å². The van der Waals surface area contributed by atoms with E-state index in [-0.39, 0.29) is 0 Å². The van der Waals surface area contributed by atoms with Crippen molar-refractivity contribution in [1.82, 2.24) is 16.0 Å². The van der Waals surface area contributed by atoms with Gasteiger partial charge in [0.15, 0.2) is 0 Å². The molecule has 5 atom stereocenters. The van der Waals surface area contributed by atoms with Gasteiger partial charge in [-0.25, -0.2) is 0 Å². The summed E-state index contributed by atoms with van der Waals surface area (Å²) >= 11 is 0. The monoisotopic (exact) mass is 433 g/mol. The molecular weight excluding hydrogens is 406 g/mol. The molecule has 14 heteroatoms.